The molecule has 5 rings (SSSR count). The van der Waals surface area contributed by atoms with Crippen LogP contribution < -0.4 is 10.6 Å². The molecule has 0 bridgehead atoms. The van der Waals surface area contributed by atoms with E-state index in [1.807, 2.05) is 30.4 Å². The van der Waals surface area contributed by atoms with Gasteiger partial charge in [-0.3, -0.25) is 4.99 Å². The molecule has 0 spiro atoms. The van der Waals surface area contributed by atoms with E-state index in [1.54, 1.807) is 30.7 Å². The summed E-state index contributed by atoms with van der Waals surface area (Å²) in [5, 5.41) is 0. The molecule has 148 valence electrons. The first-order valence-electron chi connectivity index (χ1n) is 9.33. The summed E-state index contributed by atoms with van der Waals surface area (Å²) in [6, 6.07) is 10.5. The van der Waals surface area contributed by atoms with Crippen LogP contribution in [0.4, 0.5) is 8.78 Å². The summed E-state index contributed by atoms with van der Waals surface area (Å²) in [7, 11) is 0. The predicted molar refractivity (Wildman–Crippen MR) is 110 cm³/mol. The normalized spacial score (nSPS) is 21.3. The minimum absolute atomic E-state index is 0.0961. The van der Waals surface area contributed by atoms with Gasteiger partial charge >= 0.3 is 0 Å². The van der Waals surface area contributed by atoms with Crippen LogP contribution in [0.2, 0.25) is 0 Å². The zero-order valence-electron chi connectivity index (χ0n) is 15.8. The molecule has 5 nitrogen and oxygen atoms in total. The number of quaternary nitrogens is 1. The average molecular weight is 403 g/mol. The molecule has 0 radical (unpaired) electrons. The summed E-state index contributed by atoms with van der Waals surface area (Å²) in [6.45, 7) is -0.0961. The van der Waals surface area contributed by atoms with Gasteiger partial charge in [-0.25, -0.2) is 8.78 Å². The number of rotatable bonds is 5. The van der Waals surface area contributed by atoms with Gasteiger partial charge < -0.3 is 4.74 Å². The fourth-order valence-corrected chi connectivity index (χ4v) is 3.48. The van der Waals surface area contributed by atoms with Crippen molar-refractivity contribution in [3.63, 3.8) is 0 Å². The van der Waals surface area contributed by atoms with Crippen LogP contribution >= 0.6 is 0 Å². The lowest BCUT2D eigenvalue weighted by atomic mass is 10.0. The molecule has 7 heteroatoms. The topological polar surface area (TPSA) is 60.0 Å². The Morgan fingerprint density at radius 1 is 1.10 bits per heavy atom. The summed E-state index contributed by atoms with van der Waals surface area (Å²) in [4.78, 5) is 9.00. The van der Waals surface area contributed by atoms with Crippen molar-refractivity contribution in [2.75, 3.05) is 0 Å². The number of halogens is 2. The second-order valence-corrected chi connectivity index (χ2v) is 7.06. The predicted octanol–water partition coefficient (Wildman–Crippen LogP) is 4.26. The van der Waals surface area contributed by atoms with Crippen molar-refractivity contribution in [1.29, 1.82) is 0 Å². The smallest absolute Gasteiger partial charge is 0.265 e. The summed E-state index contributed by atoms with van der Waals surface area (Å²) < 4.78 is 32.9. The molecule has 1 aliphatic carbocycles. The Labute approximate surface area is 171 Å². The molecule has 1 unspecified atom stereocenters. The standard InChI is InChI=1S/C23H17F2N4O/c24-18-7-8-20(25)17(11-18)14-30-19-6-2-5-16(12-19)23-28-22(15-3-1-4-15)21-13-27-9-10-29(21,23)26/h1-13H,14,26H2/q+1. The van der Waals surface area contributed by atoms with Gasteiger partial charge in [0, 0.05) is 11.1 Å². The number of fused-ring (bicyclic) bond motifs is 1. The molecule has 2 aromatic rings. The third kappa shape index (κ3) is 3.01. The van der Waals surface area contributed by atoms with Gasteiger partial charge in [-0.1, -0.05) is 24.3 Å². The summed E-state index contributed by atoms with van der Waals surface area (Å²) in [5.74, 6) is 6.77. The molecule has 0 saturated carbocycles. The van der Waals surface area contributed by atoms with Crippen molar-refractivity contribution in [2.45, 2.75) is 6.61 Å². The van der Waals surface area contributed by atoms with Crippen molar-refractivity contribution in [3.05, 3.63) is 113 Å². The monoisotopic (exact) mass is 403 g/mol. The van der Waals surface area contributed by atoms with Crippen LogP contribution in [0.15, 0.2) is 100 Å². The molecule has 3 aliphatic rings. The second-order valence-electron chi connectivity index (χ2n) is 7.06. The largest absolute Gasteiger partial charge is 0.489 e. The van der Waals surface area contributed by atoms with Crippen molar-refractivity contribution in [3.8, 4) is 5.75 Å². The molecule has 0 fully saturated rings. The van der Waals surface area contributed by atoms with Crippen LogP contribution in [0.25, 0.3) is 0 Å². The Morgan fingerprint density at radius 2 is 1.97 bits per heavy atom. The number of amidine groups is 1. The molecule has 2 N–H and O–H groups in total. The molecule has 2 heterocycles. The third-order valence-corrected chi connectivity index (χ3v) is 5.11. The van der Waals surface area contributed by atoms with Gasteiger partial charge in [-0.15, -0.1) is 4.59 Å². The zero-order chi connectivity index (χ0) is 20.7. The number of hydrogen-bond acceptors (Lipinski definition) is 4. The number of nitrogens with zero attached hydrogens (tertiary/aromatic N) is 3. The number of aliphatic imine (C=N–C) groups is 2. The van der Waals surface area contributed by atoms with Crippen molar-refractivity contribution in [2.24, 2.45) is 15.8 Å². The third-order valence-electron chi connectivity index (χ3n) is 5.11. The quantitative estimate of drug-likeness (QED) is 0.599. The Bertz CT molecular complexity index is 1240. The van der Waals surface area contributed by atoms with E-state index in [-0.39, 0.29) is 16.8 Å². The minimum Gasteiger partial charge on any atom is -0.489 e. The van der Waals surface area contributed by atoms with Crippen LogP contribution in [-0.4, -0.2) is 16.6 Å². The van der Waals surface area contributed by atoms with Crippen LogP contribution in [0.3, 0.4) is 0 Å². The highest BCUT2D eigenvalue weighted by atomic mass is 19.1. The van der Waals surface area contributed by atoms with Crippen molar-refractivity contribution < 1.29 is 18.1 Å². The number of nitrogens with two attached hydrogens (primary N) is 1. The van der Waals surface area contributed by atoms with Gasteiger partial charge in [0.05, 0.1) is 18.0 Å². The SMILES string of the molecule is N[N+]12C=CN=CC1=C(C1=CC=C1)N=C2c1cccc(OCc2cc(F)ccc2F)c1. The van der Waals surface area contributed by atoms with E-state index >= 15 is 0 Å². The molecular formula is C23H17F2N4O+. The highest BCUT2D eigenvalue weighted by Gasteiger charge is 2.44. The summed E-state index contributed by atoms with van der Waals surface area (Å²) in [5.41, 5.74) is 3.44. The first-order valence-corrected chi connectivity index (χ1v) is 9.33. The van der Waals surface area contributed by atoms with Crippen LogP contribution in [0.1, 0.15) is 11.1 Å². The number of ether oxygens (including phenoxy) is 1. The van der Waals surface area contributed by atoms with Gasteiger partial charge in [0.2, 0.25) is 5.70 Å². The van der Waals surface area contributed by atoms with E-state index in [4.69, 9.17) is 15.6 Å². The number of hydrogen-bond donors (Lipinski definition) is 1. The molecule has 0 saturated heterocycles. The van der Waals surface area contributed by atoms with E-state index in [9.17, 15) is 8.78 Å². The summed E-state index contributed by atoms with van der Waals surface area (Å²) in [6.07, 6.45) is 11.0. The Hall–Kier alpha value is -3.68. The average Bonchev–Trinajstić information content (AvgIpc) is 3.00. The van der Waals surface area contributed by atoms with Gasteiger partial charge in [-0.05, 0) is 36.4 Å². The first kappa shape index (κ1) is 18.4. The maximum absolute atomic E-state index is 13.9. The highest BCUT2D eigenvalue weighted by Crippen LogP contribution is 2.36. The maximum Gasteiger partial charge on any atom is 0.265 e. The zero-order valence-corrected chi connectivity index (χ0v) is 15.8. The van der Waals surface area contributed by atoms with Crippen molar-refractivity contribution >= 4 is 12.1 Å². The van der Waals surface area contributed by atoms with Gasteiger partial charge in [0.15, 0.2) is 0 Å². The first-order chi connectivity index (χ1) is 14.5. The Balaban J connectivity index is 1.45. The van der Waals surface area contributed by atoms with E-state index in [0.717, 1.165) is 40.7 Å². The molecule has 2 aliphatic heterocycles. The van der Waals surface area contributed by atoms with Crippen LogP contribution in [0, 0.1) is 11.6 Å². The van der Waals surface area contributed by atoms with Crippen LogP contribution in [-0.2, 0) is 6.61 Å². The Morgan fingerprint density at radius 3 is 2.77 bits per heavy atom. The van der Waals surface area contributed by atoms with Gasteiger partial charge in [-0.2, -0.15) is 10.8 Å². The molecule has 2 aromatic carbocycles. The molecule has 0 aromatic heterocycles. The fourth-order valence-electron chi connectivity index (χ4n) is 3.48. The maximum atomic E-state index is 13.9. The molecule has 30 heavy (non-hydrogen) atoms. The lowest BCUT2D eigenvalue weighted by Gasteiger charge is -2.26. The Kier molecular flexibility index (Phi) is 4.27. The van der Waals surface area contributed by atoms with E-state index < -0.39 is 11.6 Å². The van der Waals surface area contributed by atoms with E-state index in [1.165, 1.54) is 0 Å². The van der Waals surface area contributed by atoms with Crippen LogP contribution in [0.5, 0.6) is 5.75 Å². The lowest BCUT2D eigenvalue weighted by molar-refractivity contribution is -0.750. The summed E-state index contributed by atoms with van der Waals surface area (Å²) >= 11 is 0. The van der Waals surface area contributed by atoms with Crippen molar-refractivity contribution in [1.82, 2.24) is 0 Å². The minimum atomic E-state index is -0.516. The van der Waals surface area contributed by atoms with Gasteiger partial charge in [0.25, 0.3) is 5.84 Å². The second kappa shape index (κ2) is 6.98. The molecular weight excluding hydrogens is 386 g/mol. The molecule has 1 atom stereocenters. The van der Waals surface area contributed by atoms with E-state index in [0.29, 0.717) is 11.6 Å². The highest BCUT2D eigenvalue weighted by molar-refractivity contribution is 6.01. The van der Waals surface area contributed by atoms with E-state index in [2.05, 4.69) is 4.99 Å². The lowest BCUT2D eigenvalue weighted by Crippen LogP contribution is -2.53. The van der Waals surface area contributed by atoms with Gasteiger partial charge in [0.1, 0.15) is 35.9 Å². The number of allylic oxidation sites excluding steroid dienone is 4. The fraction of sp³-hybridized carbons (Fsp3) is 0.0435. The number of benzene rings is 2. The molecule has 0 amide bonds.